The van der Waals surface area contributed by atoms with Crippen molar-refractivity contribution in [2.24, 2.45) is 5.92 Å². The molecule has 8 heteroatoms. The van der Waals surface area contributed by atoms with Gasteiger partial charge in [-0.25, -0.2) is 15.0 Å². The molecule has 1 unspecified atom stereocenters. The lowest BCUT2D eigenvalue weighted by molar-refractivity contribution is -0.0773. The molecule has 0 spiro atoms. The number of ether oxygens (including phenoxy) is 2. The van der Waals surface area contributed by atoms with Gasteiger partial charge >= 0.3 is 0 Å². The second kappa shape index (κ2) is 7.27. The summed E-state index contributed by atoms with van der Waals surface area (Å²) in [6, 6.07) is 10.0. The van der Waals surface area contributed by atoms with E-state index in [4.69, 9.17) is 9.47 Å². The van der Waals surface area contributed by atoms with E-state index in [1.165, 1.54) is 0 Å². The number of halogens is 1. The maximum Gasteiger partial charge on any atom is 0.145 e. The number of hydrogen-bond donors (Lipinski definition) is 1. The van der Waals surface area contributed by atoms with E-state index in [2.05, 4.69) is 49.2 Å². The van der Waals surface area contributed by atoms with Crippen molar-refractivity contribution in [3.8, 4) is 5.75 Å². The number of thiazole rings is 1. The van der Waals surface area contributed by atoms with Crippen LogP contribution in [0.1, 0.15) is 6.92 Å². The zero-order valence-electron chi connectivity index (χ0n) is 15.1. The fourth-order valence-corrected chi connectivity index (χ4v) is 4.34. The van der Waals surface area contributed by atoms with Crippen LogP contribution in [0.2, 0.25) is 0 Å². The SMILES string of the molecule is CC(Oc1cc(Br)cc2ncnc(Nc3ccc4ncsc4c3)c12)C1COC1. The summed E-state index contributed by atoms with van der Waals surface area (Å²) in [4.78, 5) is 13.3. The molecule has 0 saturated carbocycles. The van der Waals surface area contributed by atoms with E-state index < -0.39 is 0 Å². The Bertz CT molecular complexity index is 1160. The van der Waals surface area contributed by atoms with Crippen LogP contribution >= 0.6 is 27.3 Å². The van der Waals surface area contributed by atoms with E-state index in [-0.39, 0.29) is 6.10 Å². The van der Waals surface area contributed by atoms with Crippen LogP contribution in [-0.2, 0) is 4.74 Å². The third-order valence-corrected chi connectivity index (χ3v) is 6.15. The molecule has 2 aromatic carbocycles. The minimum atomic E-state index is 0.0489. The Hall–Kier alpha value is -2.29. The highest BCUT2D eigenvalue weighted by molar-refractivity contribution is 9.10. The summed E-state index contributed by atoms with van der Waals surface area (Å²) in [6.07, 6.45) is 1.61. The van der Waals surface area contributed by atoms with Gasteiger partial charge in [-0.2, -0.15) is 0 Å². The lowest BCUT2D eigenvalue weighted by Crippen LogP contribution is -2.39. The predicted octanol–water partition coefficient (Wildman–Crippen LogP) is 5.16. The Morgan fingerprint density at radius 2 is 2.07 bits per heavy atom. The van der Waals surface area contributed by atoms with Crippen LogP contribution in [0.25, 0.3) is 21.1 Å². The Labute approximate surface area is 174 Å². The summed E-state index contributed by atoms with van der Waals surface area (Å²) < 4.78 is 13.7. The van der Waals surface area contributed by atoms with Crippen molar-refractivity contribution < 1.29 is 9.47 Å². The van der Waals surface area contributed by atoms with Gasteiger partial charge < -0.3 is 14.8 Å². The van der Waals surface area contributed by atoms with E-state index >= 15 is 0 Å². The van der Waals surface area contributed by atoms with Gasteiger partial charge in [0, 0.05) is 16.1 Å². The molecule has 6 nitrogen and oxygen atoms in total. The number of nitrogens with one attached hydrogen (secondary N) is 1. The molecule has 4 aromatic rings. The molecule has 1 atom stereocenters. The van der Waals surface area contributed by atoms with Crippen molar-refractivity contribution in [1.82, 2.24) is 15.0 Å². The molecule has 0 aliphatic carbocycles. The third-order valence-electron chi connectivity index (χ3n) is 4.90. The van der Waals surface area contributed by atoms with Crippen LogP contribution in [-0.4, -0.2) is 34.3 Å². The number of rotatable bonds is 5. The van der Waals surface area contributed by atoms with Crippen LogP contribution in [0, 0.1) is 5.92 Å². The highest BCUT2D eigenvalue weighted by Crippen LogP contribution is 2.36. The fourth-order valence-electron chi connectivity index (χ4n) is 3.20. The fraction of sp³-hybridized carbons (Fsp3) is 0.250. The van der Waals surface area contributed by atoms with Crippen molar-refractivity contribution in [3.05, 3.63) is 46.6 Å². The third kappa shape index (κ3) is 3.32. The van der Waals surface area contributed by atoms with Gasteiger partial charge in [-0.05, 0) is 37.3 Å². The molecule has 1 aliphatic heterocycles. The first-order valence-corrected chi connectivity index (χ1v) is 10.6. The number of nitrogens with zero attached hydrogens (tertiary/aromatic N) is 3. The second-order valence-electron chi connectivity index (χ2n) is 6.80. The van der Waals surface area contributed by atoms with E-state index in [1.54, 1.807) is 17.7 Å². The molecular formula is C20H17BrN4O2S. The molecule has 28 heavy (non-hydrogen) atoms. The highest BCUT2D eigenvalue weighted by Gasteiger charge is 2.27. The largest absolute Gasteiger partial charge is 0.489 e. The normalized spacial score (nSPS) is 15.5. The summed E-state index contributed by atoms with van der Waals surface area (Å²) in [5.74, 6) is 1.88. The number of anilines is 2. The molecule has 0 radical (unpaired) electrons. The summed E-state index contributed by atoms with van der Waals surface area (Å²) in [5, 5.41) is 4.29. The van der Waals surface area contributed by atoms with Gasteiger partial charge in [-0.15, -0.1) is 11.3 Å². The Morgan fingerprint density at radius 1 is 1.18 bits per heavy atom. The average Bonchev–Trinajstić information content (AvgIpc) is 3.07. The number of hydrogen-bond acceptors (Lipinski definition) is 7. The first-order chi connectivity index (χ1) is 13.7. The number of fused-ring (bicyclic) bond motifs is 2. The minimum Gasteiger partial charge on any atom is -0.489 e. The van der Waals surface area contributed by atoms with Crippen LogP contribution in [0.3, 0.4) is 0 Å². The first kappa shape index (κ1) is 17.8. The summed E-state index contributed by atoms with van der Waals surface area (Å²) in [7, 11) is 0. The zero-order valence-corrected chi connectivity index (χ0v) is 17.5. The molecule has 2 aromatic heterocycles. The number of benzene rings is 2. The Balaban J connectivity index is 1.55. The molecule has 0 amide bonds. The van der Waals surface area contributed by atoms with E-state index in [1.807, 2.05) is 29.8 Å². The van der Waals surface area contributed by atoms with Gasteiger partial charge in [-0.3, -0.25) is 0 Å². The standard InChI is InChI=1S/C20H17BrN4O2S/c1-11(12-7-26-8-12)27-17-5-13(21)4-16-19(17)20(23-9-22-16)25-14-2-3-15-18(6-14)28-10-24-15/h2-6,9-12H,7-8H2,1H3,(H,22,23,25). The van der Waals surface area contributed by atoms with Gasteiger partial charge in [0.15, 0.2) is 0 Å². The predicted molar refractivity (Wildman–Crippen MR) is 115 cm³/mol. The molecule has 1 saturated heterocycles. The van der Waals surface area contributed by atoms with Gasteiger partial charge in [0.1, 0.15) is 24.0 Å². The van der Waals surface area contributed by atoms with E-state index in [0.717, 1.165) is 50.2 Å². The van der Waals surface area contributed by atoms with Crippen molar-refractivity contribution in [2.75, 3.05) is 18.5 Å². The number of aromatic nitrogens is 3. The van der Waals surface area contributed by atoms with Crippen molar-refractivity contribution in [3.63, 3.8) is 0 Å². The van der Waals surface area contributed by atoms with Crippen LogP contribution in [0.5, 0.6) is 5.75 Å². The highest BCUT2D eigenvalue weighted by atomic mass is 79.9. The van der Waals surface area contributed by atoms with Crippen LogP contribution in [0.15, 0.2) is 46.6 Å². The smallest absolute Gasteiger partial charge is 0.145 e. The molecule has 1 aliphatic rings. The lowest BCUT2D eigenvalue weighted by Gasteiger charge is -2.32. The molecule has 1 N–H and O–H groups in total. The Morgan fingerprint density at radius 3 is 2.89 bits per heavy atom. The van der Waals surface area contributed by atoms with Gasteiger partial charge in [0.25, 0.3) is 0 Å². The maximum absolute atomic E-state index is 6.31. The topological polar surface area (TPSA) is 69.2 Å². The molecule has 142 valence electrons. The van der Waals surface area contributed by atoms with E-state index in [0.29, 0.717) is 11.7 Å². The van der Waals surface area contributed by atoms with E-state index in [9.17, 15) is 0 Å². The van der Waals surface area contributed by atoms with Gasteiger partial charge in [0.2, 0.25) is 0 Å². The molecule has 1 fully saturated rings. The quantitative estimate of drug-likeness (QED) is 0.447. The summed E-state index contributed by atoms with van der Waals surface area (Å²) in [6.45, 7) is 3.56. The van der Waals surface area contributed by atoms with Crippen molar-refractivity contribution in [1.29, 1.82) is 0 Å². The minimum absolute atomic E-state index is 0.0489. The maximum atomic E-state index is 6.31. The van der Waals surface area contributed by atoms with Crippen LogP contribution in [0.4, 0.5) is 11.5 Å². The van der Waals surface area contributed by atoms with Crippen molar-refractivity contribution >= 4 is 59.9 Å². The van der Waals surface area contributed by atoms with Gasteiger partial charge in [-0.1, -0.05) is 15.9 Å². The van der Waals surface area contributed by atoms with Crippen LogP contribution < -0.4 is 10.1 Å². The average molecular weight is 457 g/mol. The summed E-state index contributed by atoms with van der Waals surface area (Å²) in [5.41, 5.74) is 4.61. The molecule has 5 rings (SSSR count). The first-order valence-electron chi connectivity index (χ1n) is 8.96. The summed E-state index contributed by atoms with van der Waals surface area (Å²) >= 11 is 5.18. The second-order valence-corrected chi connectivity index (χ2v) is 8.60. The molecule has 0 bridgehead atoms. The lowest BCUT2D eigenvalue weighted by atomic mass is 10.0. The zero-order chi connectivity index (χ0) is 19.1. The molecular weight excluding hydrogens is 440 g/mol. The Kier molecular flexibility index (Phi) is 4.62. The van der Waals surface area contributed by atoms with Crippen molar-refractivity contribution in [2.45, 2.75) is 13.0 Å². The van der Waals surface area contributed by atoms with Gasteiger partial charge in [0.05, 0.1) is 39.8 Å². The molecule has 3 heterocycles. The monoisotopic (exact) mass is 456 g/mol.